The van der Waals surface area contributed by atoms with Crippen molar-refractivity contribution in [1.82, 2.24) is 4.98 Å². The maximum Gasteiger partial charge on any atom is 0.264 e. The van der Waals surface area contributed by atoms with Gasteiger partial charge in [0.25, 0.3) is 20.0 Å². The lowest BCUT2D eigenvalue weighted by Crippen LogP contribution is -2.38. The van der Waals surface area contributed by atoms with Crippen LogP contribution in [0.3, 0.4) is 0 Å². The number of rotatable bonds is 10. The van der Waals surface area contributed by atoms with E-state index in [0.29, 0.717) is 5.69 Å². The lowest BCUT2D eigenvalue weighted by molar-refractivity contribution is -0.114. The van der Waals surface area contributed by atoms with Crippen molar-refractivity contribution in [2.24, 2.45) is 0 Å². The Morgan fingerprint density at radius 2 is 1.50 bits per heavy atom. The van der Waals surface area contributed by atoms with Crippen LogP contribution >= 0.6 is 0 Å². The number of sulfonamides is 2. The molecule has 40 heavy (non-hydrogen) atoms. The molecule has 0 aliphatic carbocycles. The SMILES string of the molecule is COc1ccc(C)cc1N(CC(=O)Nc1ccc(S(=O)(=O)Nc2cccnc2)cc1)S(=O)(=O)c1ccc(C)cc1. The molecular formula is C28H28N4O6S2. The van der Waals surface area contributed by atoms with E-state index in [1.54, 1.807) is 49.4 Å². The van der Waals surface area contributed by atoms with Crippen molar-refractivity contribution < 1.29 is 26.4 Å². The number of anilines is 3. The first-order chi connectivity index (χ1) is 19.0. The molecule has 12 heteroatoms. The Bertz CT molecular complexity index is 1710. The van der Waals surface area contributed by atoms with Gasteiger partial charge in [0.15, 0.2) is 0 Å². The maximum absolute atomic E-state index is 13.7. The van der Waals surface area contributed by atoms with Gasteiger partial charge in [-0.1, -0.05) is 23.8 Å². The van der Waals surface area contributed by atoms with Crippen molar-refractivity contribution in [3.05, 3.63) is 102 Å². The van der Waals surface area contributed by atoms with E-state index in [1.807, 2.05) is 6.92 Å². The Morgan fingerprint density at radius 1 is 0.850 bits per heavy atom. The minimum atomic E-state index is -4.16. The van der Waals surface area contributed by atoms with Gasteiger partial charge in [-0.25, -0.2) is 16.8 Å². The minimum Gasteiger partial charge on any atom is -0.495 e. The molecule has 3 aromatic carbocycles. The molecule has 4 rings (SSSR count). The van der Waals surface area contributed by atoms with Crippen LogP contribution in [0.1, 0.15) is 11.1 Å². The van der Waals surface area contributed by atoms with Crippen LogP contribution in [-0.2, 0) is 24.8 Å². The zero-order valence-corrected chi connectivity index (χ0v) is 23.7. The molecular weight excluding hydrogens is 552 g/mol. The number of nitrogens with zero attached hydrogens (tertiary/aromatic N) is 2. The number of carbonyl (C=O) groups excluding carboxylic acids is 1. The van der Waals surface area contributed by atoms with Crippen LogP contribution in [0.25, 0.3) is 0 Å². The number of pyridine rings is 1. The number of nitrogens with one attached hydrogen (secondary N) is 2. The highest BCUT2D eigenvalue weighted by atomic mass is 32.2. The molecule has 0 radical (unpaired) electrons. The van der Waals surface area contributed by atoms with Crippen LogP contribution in [-0.4, -0.2) is 41.4 Å². The lowest BCUT2D eigenvalue weighted by atomic mass is 10.2. The number of hydrogen-bond donors (Lipinski definition) is 2. The summed E-state index contributed by atoms with van der Waals surface area (Å²) >= 11 is 0. The molecule has 0 spiro atoms. The second-order valence-electron chi connectivity index (χ2n) is 8.92. The van der Waals surface area contributed by atoms with E-state index in [9.17, 15) is 21.6 Å². The van der Waals surface area contributed by atoms with E-state index in [1.165, 1.54) is 55.9 Å². The first-order valence-corrected chi connectivity index (χ1v) is 15.0. The molecule has 0 fully saturated rings. The van der Waals surface area contributed by atoms with Gasteiger partial charge in [0, 0.05) is 11.9 Å². The van der Waals surface area contributed by atoms with Crippen molar-refractivity contribution in [3.63, 3.8) is 0 Å². The summed E-state index contributed by atoms with van der Waals surface area (Å²) < 4.78 is 61.7. The molecule has 0 saturated carbocycles. The van der Waals surface area contributed by atoms with Gasteiger partial charge in [0.05, 0.1) is 34.5 Å². The van der Waals surface area contributed by atoms with Gasteiger partial charge in [0.2, 0.25) is 5.91 Å². The quantitative estimate of drug-likeness (QED) is 0.285. The van der Waals surface area contributed by atoms with Crippen molar-refractivity contribution in [1.29, 1.82) is 0 Å². The van der Waals surface area contributed by atoms with Gasteiger partial charge >= 0.3 is 0 Å². The fourth-order valence-electron chi connectivity index (χ4n) is 3.82. The summed E-state index contributed by atoms with van der Waals surface area (Å²) in [4.78, 5) is 17.0. The normalized spacial score (nSPS) is 11.5. The van der Waals surface area contributed by atoms with E-state index >= 15 is 0 Å². The molecule has 0 aliphatic heterocycles. The summed E-state index contributed by atoms with van der Waals surface area (Å²) in [6, 6.07) is 20.0. The zero-order valence-electron chi connectivity index (χ0n) is 22.0. The number of ether oxygens (including phenoxy) is 1. The third kappa shape index (κ3) is 6.58. The predicted octanol–water partition coefficient (Wildman–Crippen LogP) is 4.34. The summed E-state index contributed by atoms with van der Waals surface area (Å²) in [6.45, 7) is 3.09. The van der Waals surface area contributed by atoms with E-state index < -0.39 is 32.5 Å². The van der Waals surface area contributed by atoms with Gasteiger partial charge in [-0.15, -0.1) is 0 Å². The molecule has 1 heterocycles. The highest BCUT2D eigenvalue weighted by molar-refractivity contribution is 7.93. The Labute approximate surface area is 233 Å². The second kappa shape index (κ2) is 11.8. The van der Waals surface area contributed by atoms with Gasteiger partial charge < -0.3 is 10.1 Å². The molecule has 1 aromatic heterocycles. The van der Waals surface area contributed by atoms with E-state index in [-0.39, 0.29) is 26.9 Å². The molecule has 0 aliphatic rings. The maximum atomic E-state index is 13.7. The lowest BCUT2D eigenvalue weighted by Gasteiger charge is -2.26. The average Bonchev–Trinajstić information content (AvgIpc) is 2.92. The first kappa shape index (κ1) is 28.6. The molecule has 0 saturated heterocycles. The predicted molar refractivity (Wildman–Crippen MR) is 154 cm³/mol. The third-order valence-electron chi connectivity index (χ3n) is 5.86. The number of aryl methyl sites for hydroxylation is 2. The zero-order chi connectivity index (χ0) is 28.9. The van der Waals surface area contributed by atoms with E-state index in [0.717, 1.165) is 15.4 Å². The molecule has 0 atom stereocenters. The van der Waals surface area contributed by atoms with Crippen LogP contribution in [0.5, 0.6) is 5.75 Å². The highest BCUT2D eigenvalue weighted by Gasteiger charge is 2.29. The number of hydrogen-bond acceptors (Lipinski definition) is 7. The average molecular weight is 581 g/mol. The standard InChI is InChI=1S/C28H28N4O6S2/c1-20-6-11-25(12-7-20)40(36,37)32(26-17-21(2)8-15-27(26)38-3)19-28(33)30-22-9-13-24(14-10-22)39(34,35)31-23-5-4-16-29-18-23/h4-18,31H,19H2,1-3H3,(H,30,33). The summed E-state index contributed by atoms with van der Waals surface area (Å²) in [5, 5.41) is 2.64. The topological polar surface area (TPSA) is 135 Å². The molecule has 2 N–H and O–H groups in total. The fourth-order valence-corrected chi connectivity index (χ4v) is 6.28. The van der Waals surface area contributed by atoms with Crippen molar-refractivity contribution >= 4 is 43.0 Å². The van der Waals surface area contributed by atoms with Crippen LogP contribution in [0.4, 0.5) is 17.1 Å². The van der Waals surface area contributed by atoms with Gasteiger partial charge in [0.1, 0.15) is 12.3 Å². The number of carbonyl (C=O) groups is 1. The summed E-state index contributed by atoms with van der Waals surface area (Å²) in [5.74, 6) is -0.354. The second-order valence-corrected chi connectivity index (χ2v) is 12.5. The van der Waals surface area contributed by atoms with Crippen molar-refractivity contribution in [2.75, 3.05) is 28.0 Å². The first-order valence-electron chi connectivity index (χ1n) is 12.1. The Balaban J connectivity index is 1.59. The van der Waals surface area contributed by atoms with Gasteiger partial charge in [-0.3, -0.25) is 18.8 Å². The van der Waals surface area contributed by atoms with Crippen LogP contribution in [0.15, 0.2) is 101 Å². The number of amides is 1. The van der Waals surface area contributed by atoms with Crippen LogP contribution in [0, 0.1) is 13.8 Å². The Hall–Kier alpha value is -4.42. The fraction of sp³-hybridized carbons (Fsp3) is 0.143. The number of benzene rings is 3. The number of aromatic nitrogens is 1. The summed E-state index contributed by atoms with van der Waals surface area (Å²) in [6.07, 6.45) is 2.91. The smallest absolute Gasteiger partial charge is 0.264 e. The highest BCUT2D eigenvalue weighted by Crippen LogP contribution is 2.33. The van der Waals surface area contributed by atoms with Gasteiger partial charge in [-0.2, -0.15) is 0 Å². The monoisotopic (exact) mass is 580 g/mol. The minimum absolute atomic E-state index is 0.0186. The third-order valence-corrected chi connectivity index (χ3v) is 9.03. The Morgan fingerprint density at radius 3 is 2.12 bits per heavy atom. The van der Waals surface area contributed by atoms with Crippen LogP contribution < -0.4 is 19.1 Å². The molecule has 10 nitrogen and oxygen atoms in total. The largest absolute Gasteiger partial charge is 0.495 e. The van der Waals surface area contributed by atoms with E-state index in [2.05, 4.69) is 15.0 Å². The molecule has 0 bridgehead atoms. The van der Waals surface area contributed by atoms with E-state index in [4.69, 9.17) is 4.74 Å². The molecule has 0 unspecified atom stereocenters. The van der Waals surface area contributed by atoms with Gasteiger partial charge in [-0.05, 0) is 80.1 Å². The summed E-state index contributed by atoms with van der Waals surface area (Å²) in [5.41, 5.74) is 2.46. The van der Waals surface area contributed by atoms with Crippen molar-refractivity contribution in [2.45, 2.75) is 23.6 Å². The summed E-state index contributed by atoms with van der Waals surface area (Å²) in [7, 11) is -6.63. The van der Waals surface area contributed by atoms with Crippen molar-refractivity contribution in [3.8, 4) is 5.75 Å². The molecule has 208 valence electrons. The Kier molecular flexibility index (Phi) is 8.40. The number of methoxy groups -OCH3 is 1. The molecule has 1 amide bonds. The van der Waals surface area contributed by atoms with Crippen LogP contribution in [0.2, 0.25) is 0 Å². The molecule has 4 aromatic rings.